The Hall–Kier alpha value is -2.16. The molecule has 0 spiro atoms. The number of anilines is 1. The summed E-state index contributed by atoms with van der Waals surface area (Å²) in [6.45, 7) is 0. The van der Waals surface area contributed by atoms with E-state index in [0.717, 1.165) is 24.3 Å². The van der Waals surface area contributed by atoms with E-state index in [0.29, 0.717) is 0 Å². The van der Waals surface area contributed by atoms with Gasteiger partial charge in [-0.2, -0.15) is 39.5 Å². The van der Waals surface area contributed by atoms with Crippen LogP contribution in [0.3, 0.4) is 0 Å². The van der Waals surface area contributed by atoms with Crippen molar-refractivity contribution in [2.24, 2.45) is 10.7 Å². The van der Waals surface area contributed by atoms with Crippen molar-refractivity contribution < 1.29 is 48.7 Å². The van der Waals surface area contributed by atoms with E-state index in [9.17, 15) is 48.7 Å². The lowest BCUT2D eigenvalue weighted by Crippen LogP contribution is -2.55. The Labute approximate surface area is 169 Å². The first-order chi connectivity index (χ1) is 13.4. The molecule has 1 aromatic carbocycles. The lowest BCUT2D eigenvalue weighted by Gasteiger charge is -2.31. The summed E-state index contributed by atoms with van der Waals surface area (Å²) in [6, 6.07) is 2.25. The highest BCUT2D eigenvalue weighted by Gasteiger charge is 2.77. The normalized spacial score (nSPS) is 18.8. The van der Waals surface area contributed by atoms with Gasteiger partial charge >= 0.3 is 24.6 Å². The van der Waals surface area contributed by atoms with Gasteiger partial charge in [0, 0.05) is 5.02 Å². The minimum Gasteiger partial charge on any atom is -0.351 e. The van der Waals surface area contributed by atoms with Crippen LogP contribution >= 0.6 is 23.4 Å². The summed E-state index contributed by atoms with van der Waals surface area (Å²) in [5, 5.41) is -1.54. The second-order valence-corrected chi connectivity index (χ2v) is 6.91. The Morgan fingerprint density at radius 1 is 1.00 bits per heavy atom. The van der Waals surface area contributed by atoms with Crippen molar-refractivity contribution in [3.63, 3.8) is 0 Å². The first kappa shape index (κ1) is 24.1. The maximum atomic E-state index is 13.8. The predicted octanol–water partition coefficient (Wildman–Crippen LogP) is 5.93. The summed E-state index contributed by atoms with van der Waals surface area (Å²) < 4.78 is 133. The minimum atomic E-state index is -6.55. The molecular formula is C14H6ClF10N3OS. The lowest BCUT2D eigenvalue weighted by atomic mass is 9.97. The number of nitrogens with zero attached hydrogens (tertiary/aromatic N) is 2. The van der Waals surface area contributed by atoms with Gasteiger partial charge in [0.1, 0.15) is 0 Å². The summed E-state index contributed by atoms with van der Waals surface area (Å²) in [5.74, 6) is -3.67. The van der Waals surface area contributed by atoms with Gasteiger partial charge < -0.3 is 5.73 Å². The van der Waals surface area contributed by atoms with E-state index in [4.69, 9.17) is 17.3 Å². The van der Waals surface area contributed by atoms with Crippen LogP contribution < -0.4 is 10.6 Å². The van der Waals surface area contributed by atoms with Crippen LogP contribution in [0, 0.1) is 0 Å². The number of hydrogen-bond donors (Lipinski definition) is 1. The van der Waals surface area contributed by atoms with Gasteiger partial charge in [-0.3, -0.25) is 0 Å². The number of halogens is 11. The number of primary amides is 1. The molecule has 166 valence electrons. The molecular weight excluding hydrogens is 484 g/mol. The highest BCUT2D eigenvalue weighted by molar-refractivity contribution is 8.18. The summed E-state index contributed by atoms with van der Waals surface area (Å²) in [7, 11) is 0. The first-order valence-corrected chi connectivity index (χ1v) is 8.36. The molecule has 0 saturated carbocycles. The highest BCUT2D eigenvalue weighted by atomic mass is 35.5. The Morgan fingerprint density at radius 3 is 1.83 bits per heavy atom. The summed E-state index contributed by atoms with van der Waals surface area (Å²) in [5.41, 5.74) is -1.13. The molecule has 0 bridgehead atoms. The third-order valence-electron chi connectivity index (χ3n) is 3.55. The number of amides is 2. The second-order valence-electron chi connectivity index (χ2n) is 5.49. The van der Waals surface area contributed by atoms with Crippen molar-refractivity contribution in [2.75, 3.05) is 4.90 Å². The number of rotatable bonds is 1. The maximum absolute atomic E-state index is 13.8. The van der Waals surface area contributed by atoms with E-state index in [-0.39, 0.29) is 9.92 Å². The van der Waals surface area contributed by atoms with Gasteiger partial charge in [0.2, 0.25) is 5.83 Å². The minimum absolute atomic E-state index is 0.0350. The molecule has 4 nitrogen and oxygen atoms in total. The Bertz CT molecular complexity index is 891. The van der Waals surface area contributed by atoms with Gasteiger partial charge in [-0.1, -0.05) is 11.6 Å². The molecule has 1 aromatic rings. The fourth-order valence-electron chi connectivity index (χ4n) is 2.28. The molecule has 0 saturated heterocycles. The third kappa shape index (κ3) is 4.04. The predicted molar refractivity (Wildman–Crippen MR) is 87.6 cm³/mol. The number of hydrogen-bond acceptors (Lipinski definition) is 3. The molecule has 0 aromatic heterocycles. The molecule has 2 N–H and O–H groups in total. The number of allylic oxidation sites excluding steroid dienone is 1. The van der Waals surface area contributed by atoms with Crippen molar-refractivity contribution in [1.29, 1.82) is 0 Å². The molecule has 0 radical (unpaired) electrons. The van der Waals surface area contributed by atoms with Crippen molar-refractivity contribution in [1.82, 2.24) is 0 Å². The zero-order valence-electron chi connectivity index (χ0n) is 13.8. The number of carbonyl (C=O) groups is 1. The summed E-state index contributed by atoms with van der Waals surface area (Å²) >= 11 is 4.61. The van der Waals surface area contributed by atoms with Crippen LogP contribution in [0.25, 0.3) is 0 Å². The topological polar surface area (TPSA) is 58.7 Å². The van der Waals surface area contributed by atoms with Gasteiger partial charge in [0.15, 0.2) is 5.17 Å². The van der Waals surface area contributed by atoms with Gasteiger partial charge in [0.05, 0.1) is 10.6 Å². The van der Waals surface area contributed by atoms with Gasteiger partial charge in [-0.05, 0) is 36.0 Å². The number of nitrogens with two attached hydrogens (primary N) is 1. The molecule has 1 aliphatic rings. The fourth-order valence-corrected chi connectivity index (χ4v) is 3.69. The molecule has 2 rings (SSSR count). The lowest BCUT2D eigenvalue weighted by molar-refractivity contribution is -0.280. The number of amidine groups is 1. The van der Waals surface area contributed by atoms with Crippen LogP contribution in [0.1, 0.15) is 0 Å². The number of aliphatic imine (C=N–C) groups is 1. The SMILES string of the molecule is NC(=O)N(C1=NC(C(F)(F)F)(C(F)(F)F)C(=C(F)C(F)(F)F)S1)c1ccc(Cl)cc1. The number of carbonyl (C=O) groups excluding carboxylic acids is 1. The molecule has 1 aliphatic heterocycles. The monoisotopic (exact) mass is 489 g/mol. The summed E-state index contributed by atoms with van der Waals surface area (Å²) in [4.78, 5) is 11.1. The van der Waals surface area contributed by atoms with Gasteiger partial charge in [-0.25, -0.2) is 19.1 Å². The maximum Gasteiger partial charge on any atom is 0.443 e. The molecule has 0 unspecified atom stereocenters. The van der Waals surface area contributed by atoms with Crippen LogP contribution in [0.4, 0.5) is 54.4 Å². The summed E-state index contributed by atoms with van der Waals surface area (Å²) in [6.07, 6.45) is -19.3. The quantitative estimate of drug-likeness (QED) is 0.497. The van der Waals surface area contributed by atoms with Crippen molar-refractivity contribution in [2.45, 2.75) is 24.1 Å². The fraction of sp³-hybridized carbons (Fsp3) is 0.286. The van der Waals surface area contributed by atoms with Crippen LogP contribution in [-0.4, -0.2) is 35.3 Å². The molecule has 0 fully saturated rings. The van der Waals surface area contributed by atoms with Gasteiger partial charge in [-0.15, -0.1) is 0 Å². The number of benzene rings is 1. The second kappa shape index (κ2) is 7.51. The zero-order valence-corrected chi connectivity index (χ0v) is 15.3. The first-order valence-electron chi connectivity index (χ1n) is 7.17. The highest BCUT2D eigenvalue weighted by Crippen LogP contribution is 2.60. The van der Waals surface area contributed by atoms with Crippen molar-refractivity contribution in [3.8, 4) is 0 Å². The average Bonchev–Trinajstić information content (AvgIpc) is 2.96. The van der Waals surface area contributed by atoms with Crippen LogP contribution in [0.2, 0.25) is 5.02 Å². The molecule has 0 atom stereocenters. The number of urea groups is 1. The standard InChI is InChI=1S/C14H6ClF10N3OS/c15-5-1-3-6(4-2-5)28(9(26)29)10-27-11(13(20,21)22,14(23,24)25)8(30-10)7(16)12(17,18)19/h1-4H,(H2,26,29). The average molecular weight is 490 g/mol. The van der Waals surface area contributed by atoms with Crippen molar-refractivity contribution in [3.05, 3.63) is 40.0 Å². The third-order valence-corrected chi connectivity index (χ3v) is 4.94. The Morgan fingerprint density at radius 2 is 1.47 bits per heavy atom. The van der Waals surface area contributed by atoms with E-state index in [1.165, 1.54) is 0 Å². The smallest absolute Gasteiger partial charge is 0.351 e. The van der Waals surface area contributed by atoms with Crippen molar-refractivity contribution >= 4 is 40.2 Å². The Balaban J connectivity index is 2.85. The number of alkyl halides is 9. The van der Waals surface area contributed by atoms with E-state index in [1.807, 2.05) is 0 Å². The molecule has 16 heteroatoms. The Kier molecular flexibility index (Phi) is 6.04. The molecule has 0 aliphatic carbocycles. The van der Waals surface area contributed by atoms with Crippen LogP contribution in [-0.2, 0) is 0 Å². The van der Waals surface area contributed by atoms with Crippen LogP contribution in [0.5, 0.6) is 0 Å². The van der Waals surface area contributed by atoms with Crippen LogP contribution in [0.15, 0.2) is 40.0 Å². The molecule has 30 heavy (non-hydrogen) atoms. The van der Waals surface area contributed by atoms with E-state index < -0.39 is 63.4 Å². The van der Waals surface area contributed by atoms with Gasteiger partial charge in [0.25, 0.3) is 5.54 Å². The van der Waals surface area contributed by atoms with E-state index in [2.05, 4.69) is 4.99 Å². The molecule has 1 heterocycles. The van der Waals surface area contributed by atoms with E-state index >= 15 is 0 Å². The zero-order chi connectivity index (χ0) is 23.3. The number of thioether (sulfide) groups is 1. The molecule has 2 amide bonds. The largest absolute Gasteiger partial charge is 0.443 e. The van der Waals surface area contributed by atoms with E-state index in [1.54, 1.807) is 0 Å².